The highest BCUT2D eigenvalue weighted by atomic mass is 33.1. The van der Waals surface area contributed by atoms with Gasteiger partial charge in [0.25, 0.3) is 0 Å². The van der Waals surface area contributed by atoms with E-state index in [2.05, 4.69) is 22.9 Å². The SMILES string of the molecule is c1cc2c3c(sc2s1)-c1sc2sccc2c1SS3. The number of fused-ring (bicyclic) bond motifs is 7. The van der Waals surface area contributed by atoms with Gasteiger partial charge in [-0.15, -0.1) is 45.3 Å². The van der Waals surface area contributed by atoms with E-state index in [0.717, 1.165) is 0 Å². The fraction of sp³-hybridized carbons (Fsp3) is 0. The fourth-order valence-corrected chi connectivity index (χ4v) is 10.4. The van der Waals surface area contributed by atoms with E-state index in [-0.39, 0.29) is 0 Å². The molecule has 0 fully saturated rings. The van der Waals surface area contributed by atoms with Crippen molar-refractivity contribution in [2.45, 2.75) is 9.79 Å². The molecule has 88 valence electrons. The molecule has 18 heavy (non-hydrogen) atoms. The minimum absolute atomic E-state index is 1.46. The molecule has 0 unspecified atom stereocenters. The summed E-state index contributed by atoms with van der Waals surface area (Å²) in [6.07, 6.45) is 0. The summed E-state index contributed by atoms with van der Waals surface area (Å²) in [4.78, 5) is 5.98. The standard InChI is InChI=1S/C12H4S6/c1-3-13-11-5(1)7-9(15-11)10-8(18-17-7)6-2-4-14-12(6)16-10/h1-4H. The largest absolute Gasteiger partial charge is 0.133 e. The van der Waals surface area contributed by atoms with Gasteiger partial charge in [0.15, 0.2) is 0 Å². The zero-order chi connectivity index (χ0) is 11.7. The van der Waals surface area contributed by atoms with Crippen LogP contribution in [0.3, 0.4) is 0 Å². The molecule has 0 aliphatic carbocycles. The quantitative estimate of drug-likeness (QED) is 0.315. The lowest BCUT2D eigenvalue weighted by Crippen LogP contribution is -1.78. The molecule has 4 aromatic heterocycles. The van der Waals surface area contributed by atoms with Crippen LogP contribution in [0.2, 0.25) is 0 Å². The summed E-state index contributed by atoms with van der Waals surface area (Å²) in [5, 5.41) is 7.32. The van der Waals surface area contributed by atoms with E-state index in [1.54, 1.807) is 0 Å². The van der Waals surface area contributed by atoms with Crippen LogP contribution in [0.4, 0.5) is 0 Å². The van der Waals surface area contributed by atoms with Crippen molar-refractivity contribution in [2.24, 2.45) is 0 Å². The Bertz CT molecular complexity index is 812. The summed E-state index contributed by atoms with van der Waals surface area (Å²) in [7, 11) is 3.88. The Morgan fingerprint density at radius 2 is 1.17 bits per heavy atom. The number of thiophene rings is 4. The first-order chi connectivity index (χ1) is 8.92. The topological polar surface area (TPSA) is 0 Å². The Balaban J connectivity index is 1.93. The van der Waals surface area contributed by atoms with E-state index in [0.29, 0.717) is 0 Å². The Labute approximate surface area is 127 Å². The summed E-state index contributed by atoms with van der Waals surface area (Å²) < 4.78 is 2.94. The molecule has 0 saturated carbocycles. The molecule has 5 rings (SSSR count). The lowest BCUT2D eigenvalue weighted by atomic mass is 10.3. The fourth-order valence-electron chi connectivity index (χ4n) is 2.16. The normalized spacial score (nSPS) is 14.2. The van der Waals surface area contributed by atoms with Crippen molar-refractivity contribution >= 4 is 85.7 Å². The molecule has 0 atom stereocenters. The maximum absolute atomic E-state index is 2.27. The van der Waals surface area contributed by atoms with E-state index in [4.69, 9.17) is 0 Å². The van der Waals surface area contributed by atoms with Gasteiger partial charge in [-0.3, -0.25) is 0 Å². The van der Waals surface area contributed by atoms with E-state index in [9.17, 15) is 0 Å². The Hall–Kier alpha value is 0.0200. The molecule has 0 nitrogen and oxygen atoms in total. The van der Waals surface area contributed by atoms with E-state index >= 15 is 0 Å². The molecule has 6 heteroatoms. The number of rotatable bonds is 0. The summed E-state index contributed by atoms with van der Waals surface area (Å²) in [5.74, 6) is 0. The van der Waals surface area contributed by atoms with Crippen LogP contribution >= 0.6 is 66.9 Å². The van der Waals surface area contributed by atoms with Gasteiger partial charge >= 0.3 is 0 Å². The first-order valence-corrected chi connectivity index (χ1v) is 10.8. The third-order valence-corrected chi connectivity index (χ3v) is 10.4. The lowest BCUT2D eigenvalue weighted by molar-refractivity contribution is 1.60. The van der Waals surface area contributed by atoms with E-state index in [1.165, 1.54) is 38.3 Å². The molecule has 0 N–H and O–H groups in total. The molecule has 0 spiro atoms. The molecular weight excluding hydrogens is 337 g/mol. The number of hydrogen-bond acceptors (Lipinski definition) is 6. The Kier molecular flexibility index (Phi) is 2.26. The van der Waals surface area contributed by atoms with Crippen molar-refractivity contribution in [3.05, 3.63) is 22.9 Å². The molecule has 0 amide bonds. The van der Waals surface area contributed by atoms with Crippen LogP contribution in [0.15, 0.2) is 32.7 Å². The van der Waals surface area contributed by atoms with Gasteiger partial charge in [0.2, 0.25) is 0 Å². The third-order valence-electron chi connectivity index (χ3n) is 2.97. The van der Waals surface area contributed by atoms with Crippen molar-refractivity contribution in [1.29, 1.82) is 0 Å². The first-order valence-electron chi connectivity index (χ1n) is 5.27. The van der Waals surface area contributed by atoms with Crippen molar-refractivity contribution in [1.82, 2.24) is 0 Å². The lowest BCUT2D eigenvalue weighted by Gasteiger charge is -2.10. The second-order valence-electron chi connectivity index (χ2n) is 3.93. The van der Waals surface area contributed by atoms with Gasteiger partial charge < -0.3 is 0 Å². The van der Waals surface area contributed by atoms with Gasteiger partial charge in [-0.2, -0.15) is 0 Å². The van der Waals surface area contributed by atoms with Crippen LogP contribution < -0.4 is 0 Å². The van der Waals surface area contributed by atoms with Crippen LogP contribution in [-0.2, 0) is 0 Å². The van der Waals surface area contributed by atoms with E-state index in [1.807, 2.05) is 66.9 Å². The second kappa shape index (κ2) is 3.77. The highest BCUT2D eigenvalue weighted by Gasteiger charge is 2.27. The molecule has 5 heterocycles. The highest BCUT2D eigenvalue weighted by molar-refractivity contribution is 8.77. The zero-order valence-electron chi connectivity index (χ0n) is 8.76. The molecule has 0 aromatic carbocycles. The predicted octanol–water partition coefficient (Wildman–Crippen LogP) is 7.02. The predicted molar refractivity (Wildman–Crippen MR) is 90.1 cm³/mol. The van der Waals surface area contributed by atoms with Crippen LogP contribution in [0, 0.1) is 0 Å². The smallest absolute Gasteiger partial charge is 0.0883 e. The summed E-state index contributed by atoms with van der Waals surface area (Å²) in [5.41, 5.74) is 0. The van der Waals surface area contributed by atoms with Crippen LogP contribution in [0.5, 0.6) is 0 Å². The molecule has 4 aromatic rings. The minimum atomic E-state index is 1.46. The maximum atomic E-state index is 2.27. The zero-order valence-corrected chi connectivity index (χ0v) is 13.7. The molecule has 0 bridgehead atoms. The van der Waals surface area contributed by atoms with Crippen LogP contribution in [0.1, 0.15) is 0 Å². The van der Waals surface area contributed by atoms with E-state index < -0.39 is 0 Å². The van der Waals surface area contributed by atoms with Gasteiger partial charge in [0.05, 0.1) is 17.8 Å². The molecule has 0 saturated heterocycles. The Morgan fingerprint density at radius 1 is 0.667 bits per heavy atom. The average Bonchev–Trinajstić information content (AvgIpc) is 3.06. The second-order valence-corrected chi connectivity index (χ2v) is 10.5. The van der Waals surface area contributed by atoms with Gasteiger partial charge in [0, 0.05) is 20.6 Å². The minimum Gasteiger partial charge on any atom is -0.133 e. The molecular formula is C12H4S6. The number of hydrogen-bond donors (Lipinski definition) is 0. The van der Waals surface area contributed by atoms with Crippen LogP contribution in [0.25, 0.3) is 28.6 Å². The third kappa shape index (κ3) is 1.29. The summed E-state index contributed by atoms with van der Waals surface area (Å²) in [6.45, 7) is 0. The summed E-state index contributed by atoms with van der Waals surface area (Å²) in [6, 6.07) is 4.54. The first kappa shape index (κ1) is 10.8. The van der Waals surface area contributed by atoms with Crippen molar-refractivity contribution in [2.75, 3.05) is 0 Å². The molecule has 1 aliphatic rings. The van der Waals surface area contributed by atoms with Gasteiger partial charge in [-0.25, -0.2) is 0 Å². The average molecular weight is 341 g/mol. The van der Waals surface area contributed by atoms with Gasteiger partial charge in [0.1, 0.15) is 0 Å². The van der Waals surface area contributed by atoms with Crippen LogP contribution in [-0.4, -0.2) is 0 Å². The summed E-state index contributed by atoms with van der Waals surface area (Å²) >= 11 is 7.67. The van der Waals surface area contributed by atoms with Gasteiger partial charge in [-0.05, 0) is 22.9 Å². The molecule has 1 aliphatic heterocycles. The Morgan fingerprint density at radius 3 is 1.67 bits per heavy atom. The maximum Gasteiger partial charge on any atom is 0.0883 e. The highest BCUT2D eigenvalue weighted by Crippen LogP contribution is 2.62. The molecule has 0 radical (unpaired) electrons. The van der Waals surface area contributed by atoms with Crippen molar-refractivity contribution in [3.63, 3.8) is 0 Å². The monoisotopic (exact) mass is 340 g/mol. The van der Waals surface area contributed by atoms with Crippen molar-refractivity contribution in [3.8, 4) is 9.75 Å². The van der Waals surface area contributed by atoms with Gasteiger partial charge in [-0.1, -0.05) is 21.6 Å². The van der Waals surface area contributed by atoms with Crippen molar-refractivity contribution < 1.29 is 0 Å².